The number of hydrazone groups is 1. The molecular formula is C15H12BrN3O5. The van der Waals surface area contributed by atoms with Crippen LogP contribution in [-0.4, -0.2) is 28.8 Å². The first kappa shape index (κ1) is 17.4. The van der Waals surface area contributed by atoms with Crippen LogP contribution in [-0.2, 0) is 4.79 Å². The lowest BCUT2D eigenvalue weighted by Gasteiger charge is -2.07. The second-order valence-corrected chi connectivity index (χ2v) is 5.45. The molecule has 8 nitrogen and oxygen atoms in total. The number of halogens is 1. The molecule has 0 atom stereocenters. The number of carboxylic acid groups (broad SMARTS) is 1. The Bertz CT molecular complexity index is 777. The predicted octanol–water partition coefficient (Wildman–Crippen LogP) is 3.27. The van der Waals surface area contributed by atoms with Gasteiger partial charge in [-0.3, -0.25) is 15.5 Å². The molecule has 0 heterocycles. The number of non-ortho nitro benzene ring substituents is 1. The van der Waals surface area contributed by atoms with Crippen LogP contribution in [0.3, 0.4) is 0 Å². The molecule has 0 spiro atoms. The molecule has 124 valence electrons. The topological polar surface area (TPSA) is 114 Å². The van der Waals surface area contributed by atoms with E-state index < -0.39 is 17.5 Å². The number of anilines is 1. The molecule has 0 radical (unpaired) electrons. The second-order valence-electron chi connectivity index (χ2n) is 4.54. The van der Waals surface area contributed by atoms with E-state index in [1.54, 1.807) is 18.2 Å². The Labute approximate surface area is 145 Å². The normalized spacial score (nSPS) is 10.5. The Morgan fingerprint density at radius 1 is 1.33 bits per heavy atom. The minimum atomic E-state index is -1.08. The van der Waals surface area contributed by atoms with E-state index in [1.807, 2.05) is 0 Å². The largest absolute Gasteiger partial charge is 0.481 e. The zero-order chi connectivity index (χ0) is 17.5. The molecule has 0 saturated heterocycles. The fraction of sp³-hybridized carbons (Fsp3) is 0.0667. The van der Waals surface area contributed by atoms with Gasteiger partial charge in [-0.05, 0) is 30.3 Å². The Balaban J connectivity index is 2.08. The Kier molecular flexibility index (Phi) is 5.85. The molecule has 2 N–H and O–H groups in total. The minimum absolute atomic E-state index is 0.0131. The van der Waals surface area contributed by atoms with Crippen molar-refractivity contribution in [1.29, 1.82) is 0 Å². The SMILES string of the molecule is O=C(O)COc1ccc(Br)cc1/C=N/Nc1ccc([N+](=O)[O-])cc1. The maximum Gasteiger partial charge on any atom is 0.341 e. The summed E-state index contributed by atoms with van der Waals surface area (Å²) in [6, 6.07) is 10.8. The van der Waals surface area contributed by atoms with Crippen LogP contribution in [0, 0.1) is 10.1 Å². The average Bonchev–Trinajstić information content (AvgIpc) is 2.54. The molecule has 0 amide bonds. The number of aliphatic carboxylic acids is 1. The fourth-order valence-electron chi connectivity index (χ4n) is 1.73. The lowest BCUT2D eigenvalue weighted by molar-refractivity contribution is -0.384. The molecule has 0 saturated carbocycles. The van der Waals surface area contributed by atoms with E-state index in [0.717, 1.165) is 4.47 Å². The molecule has 0 aromatic heterocycles. The number of nitrogens with zero attached hydrogens (tertiary/aromatic N) is 2. The van der Waals surface area contributed by atoms with Crippen molar-refractivity contribution < 1.29 is 19.6 Å². The van der Waals surface area contributed by atoms with Crippen LogP contribution in [0.2, 0.25) is 0 Å². The van der Waals surface area contributed by atoms with Crippen LogP contribution in [0.25, 0.3) is 0 Å². The lowest BCUT2D eigenvalue weighted by Crippen LogP contribution is -2.10. The first-order valence-electron chi connectivity index (χ1n) is 6.63. The highest BCUT2D eigenvalue weighted by atomic mass is 79.9. The standard InChI is InChI=1S/C15H12BrN3O5/c16-11-1-6-14(24-9-15(20)21)10(7-11)8-17-18-12-2-4-13(5-3-12)19(22)23/h1-8,18H,9H2,(H,20,21)/b17-8+. The van der Waals surface area contributed by atoms with E-state index in [2.05, 4.69) is 26.5 Å². The van der Waals surface area contributed by atoms with Crippen molar-refractivity contribution in [2.75, 3.05) is 12.0 Å². The Morgan fingerprint density at radius 2 is 2.04 bits per heavy atom. The number of rotatable bonds is 7. The zero-order valence-electron chi connectivity index (χ0n) is 12.2. The Hall–Kier alpha value is -2.94. The third-order valence-corrected chi connectivity index (χ3v) is 3.29. The van der Waals surface area contributed by atoms with Crippen LogP contribution in [0.15, 0.2) is 52.0 Å². The molecule has 0 fully saturated rings. The van der Waals surface area contributed by atoms with Crippen molar-refractivity contribution in [1.82, 2.24) is 0 Å². The van der Waals surface area contributed by atoms with E-state index in [1.165, 1.54) is 30.5 Å². The number of carbonyl (C=O) groups is 1. The molecule has 2 aromatic carbocycles. The van der Waals surface area contributed by atoms with Gasteiger partial charge in [0.25, 0.3) is 5.69 Å². The highest BCUT2D eigenvalue weighted by molar-refractivity contribution is 9.10. The van der Waals surface area contributed by atoms with Gasteiger partial charge in [-0.15, -0.1) is 0 Å². The molecule has 0 bridgehead atoms. The summed E-state index contributed by atoms with van der Waals surface area (Å²) < 4.78 is 5.96. The van der Waals surface area contributed by atoms with E-state index in [4.69, 9.17) is 9.84 Å². The van der Waals surface area contributed by atoms with Crippen molar-refractivity contribution in [3.8, 4) is 5.75 Å². The van der Waals surface area contributed by atoms with Gasteiger partial charge in [-0.25, -0.2) is 4.79 Å². The summed E-state index contributed by atoms with van der Waals surface area (Å²) in [5.41, 5.74) is 3.86. The van der Waals surface area contributed by atoms with Gasteiger partial charge in [0.05, 0.1) is 16.8 Å². The molecule has 0 aliphatic rings. The number of ether oxygens (including phenoxy) is 1. The summed E-state index contributed by atoms with van der Waals surface area (Å²) in [7, 11) is 0. The molecular weight excluding hydrogens is 382 g/mol. The summed E-state index contributed by atoms with van der Waals surface area (Å²) in [5, 5.41) is 23.3. The van der Waals surface area contributed by atoms with Crippen molar-refractivity contribution in [3.05, 3.63) is 62.6 Å². The first-order valence-corrected chi connectivity index (χ1v) is 7.42. The molecule has 9 heteroatoms. The van der Waals surface area contributed by atoms with Crippen LogP contribution in [0.5, 0.6) is 5.75 Å². The highest BCUT2D eigenvalue weighted by Crippen LogP contribution is 2.22. The minimum Gasteiger partial charge on any atom is -0.481 e. The van der Waals surface area contributed by atoms with Crippen LogP contribution in [0.4, 0.5) is 11.4 Å². The summed E-state index contributed by atoms with van der Waals surface area (Å²) in [4.78, 5) is 20.7. The summed E-state index contributed by atoms with van der Waals surface area (Å²) in [5.74, 6) is -0.709. The van der Waals surface area contributed by atoms with Crippen molar-refractivity contribution >= 4 is 39.5 Å². The van der Waals surface area contributed by atoms with Gasteiger partial charge < -0.3 is 9.84 Å². The van der Waals surface area contributed by atoms with Crippen molar-refractivity contribution in [2.45, 2.75) is 0 Å². The smallest absolute Gasteiger partial charge is 0.341 e. The molecule has 2 aromatic rings. The van der Waals surface area contributed by atoms with Crippen molar-refractivity contribution in [2.24, 2.45) is 5.10 Å². The van der Waals surface area contributed by atoms with E-state index in [9.17, 15) is 14.9 Å². The molecule has 24 heavy (non-hydrogen) atoms. The third-order valence-electron chi connectivity index (χ3n) is 2.80. The predicted molar refractivity (Wildman–Crippen MR) is 91.6 cm³/mol. The van der Waals surface area contributed by atoms with Gasteiger partial charge in [0.15, 0.2) is 6.61 Å². The molecule has 2 rings (SSSR count). The second kappa shape index (κ2) is 8.06. The number of hydrogen-bond donors (Lipinski definition) is 2. The van der Waals surface area contributed by atoms with Gasteiger partial charge in [-0.2, -0.15) is 5.10 Å². The number of nitro benzene ring substituents is 1. The maximum atomic E-state index is 10.6. The third kappa shape index (κ3) is 5.06. The lowest BCUT2D eigenvalue weighted by atomic mass is 10.2. The molecule has 0 unspecified atom stereocenters. The van der Waals surface area contributed by atoms with E-state index in [0.29, 0.717) is 17.0 Å². The number of carboxylic acids is 1. The molecule has 0 aliphatic heterocycles. The summed E-state index contributed by atoms with van der Waals surface area (Å²) in [6.45, 7) is -0.460. The fourth-order valence-corrected chi connectivity index (χ4v) is 2.10. The van der Waals surface area contributed by atoms with E-state index >= 15 is 0 Å². The monoisotopic (exact) mass is 393 g/mol. The molecule has 0 aliphatic carbocycles. The number of hydrogen-bond acceptors (Lipinski definition) is 6. The summed E-state index contributed by atoms with van der Waals surface area (Å²) in [6.07, 6.45) is 1.46. The number of nitro groups is 1. The average molecular weight is 394 g/mol. The van der Waals surface area contributed by atoms with E-state index in [-0.39, 0.29) is 5.69 Å². The van der Waals surface area contributed by atoms with Crippen molar-refractivity contribution in [3.63, 3.8) is 0 Å². The Morgan fingerprint density at radius 3 is 2.67 bits per heavy atom. The van der Waals surface area contributed by atoms with Crippen LogP contribution in [0.1, 0.15) is 5.56 Å². The van der Waals surface area contributed by atoms with Gasteiger partial charge >= 0.3 is 5.97 Å². The van der Waals surface area contributed by atoms with Gasteiger partial charge in [0, 0.05) is 22.2 Å². The maximum absolute atomic E-state index is 10.6. The zero-order valence-corrected chi connectivity index (χ0v) is 13.8. The summed E-state index contributed by atoms with van der Waals surface area (Å²) >= 11 is 3.32. The van der Waals surface area contributed by atoms with Crippen LogP contribution < -0.4 is 10.2 Å². The number of benzene rings is 2. The quantitative estimate of drug-likeness (QED) is 0.423. The van der Waals surface area contributed by atoms with Gasteiger partial charge in [-0.1, -0.05) is 15.9 Å². The van der Waals surface area contributed by atoms with Gasteiger partial charge in [0.2, 0.25) is 0 Å². The highest BCUT2D eigenvalue weighted by Gasteiger charge is 2.06. The number of nitrogens with one attached hydrogen (secondary N) is 1. The first-order chi connectivity index (χ1) is 11.5. The van der Waals surface area contributed by atoms with Gasteiger partial charge in [0.1, 0.15) is 5.75 Å². The van der Waals surface area contributed by atoms with Crippen LogP contribution >= 0.6 is 15.9 Å².